The summed E-state index contributed by atoms with van der Waals surface area (Å²) in [5.41, 5.74) is 0.708. The molecule has 0 aromatic heterocycles. The van der Waals surface area contributed by atoms with Crippen LogP contribution in [0.1, 0.15) is 11.6 Å². The number of nitrogens with zero attached hydrogens (tertiary/aromatic N) is 1. The van der Waals surface area contributed by atoms with Crippen LogP contribution < -0.4 is 5.32 Å². The molecule has 1 fully saturated rings. The van der Waals surface area contributed by atoms with Crippen LogP contribution >= 0.6 is 0 Å². The molecule has 1 atom stereocenters. The fourth-order valence-electron chi connectivity index (χ4n) is 2.13. The van der Waals surface area contributed by atoms with Crippen molar-refractivity contribution in [3.63, 3.8) is 0 Å². The van der Waals surface area contributed by atoms with Gasteiger partial charge in [-0.1, -0.05) is 30.3 Å². The molecule has 1 N–H and O–H groups in total. The molecular formula is C12H16F2N2. The van der Waals surface area contributed by atoms with E-state index in [0.717, 1.165) is 13.1 Å². The van der Waals surface area contributed by atoms with Crippen LogP contribution in [0.5, 0.6) is 0 Å². The van der Waals surface area contributed by atoms with Gasteiger partial charge in [0.15, 0.2) is 0 Å². The molecule has 0 unspecified atom stereocenters. The Morgan fingerprint density at radius 1 is 1.06 bits per heavy atom. The molecular weight excluding hydrogens is 210 g/mol. The fourth-order valence-corrected chi connectivity index (χ4v) is 2.13. The normalized spacial score (nSPS) is 19.9. The van der Waals surface area contributed by atoms with Gasteiger partial charge in [-0.15, -0.1) is 0 Å². The lowest BCUT2D eigenvalue weighted by Gasteiger charge is -2.34. The summed E-state index contributed by atoms with van der Waals surface area (Å²) in [6, 6.07) is 8.27. The highest BCUT2D eigenvalue weighted by Crippen LogP contribution is 2.27. The van der Waals surface area contributed by atoms with E-state index in [9.17, 15) is 8.78 Å². The molecule has 1 aliphatic heterocycles. The molecule has 1 saturated heterocycles. The second kappa shape index (κ2) is 5.37. The highest BCUT2D eigenvalue weighted by molar-refractivity contribution is 5.19. The Balaban J connectivity index is 2.16. The maximum absolute atomic E-state index is 13.1. The largest absolute Gasteiger partial charge is 0.314 e. The molecule has 0 bridgehead atoms. The molecule has 2 rings (SSSR count). The zero-order chi connectivity index (χ0) is 11.4. The minimum absolute atomic E-state index is 0.684. The van der Waals surface area contributed by atoms with Gasteiger partial charge in [-0.05, 0) is 5.56 Å². The third kappa shape index (κ3) is 2.57. The van der Waals surface area contributed by atoms with E-state index in [1.807, 2.05) is 23.1 Å². The SMILES string of the molecule is FC(F)[C@H](c1ccccc1)N1CCNCC1. The van der Waals surface area contributed by atoms with Gasteiger partial charge in [0.05, 0.1) is 6.04 Å². The number of hydrogen-bond acceptors (Lipinski definition) is 2. The number of benzene rings is 1. The van der Waals surface area contributed by atoms with E-state index in [4.69, 9.17) is 0 Å². The van der Waals surface area contributed by atoms with Gasteiger partial charge in [-0.3, -0.25) is 4.90 Å². The molecule has 88 valence electrons. The lowest BCUT2D eigenvalue weighted by Crippen LogP contribution is -2.46. The van der Waals surface area contributed by atoms with Crippen molar-refractivity contribution < 1.29 is 8.78 Å². The first-order chi connectivity index (χ1) is 7.79. The molecule has 2 nitrogen and oxygen atoms in total. The molecule has 0 radical (unpaired) electrons. The summed E-state index contributed by atoms with van der Waals surface area (Å²) in [5, 5.41) is 3.17. The van der Waals surface area contributed by atoms with E-state index in [-0.39, 0.29) is 0 Å². The van der Waals surface area contributed by atoms with Crippen molar-refractivity contribution in [3.05, 3.63) is 35.9 Å². The smallest absolute Gasteiger partial charge is 0.258 e. The Hall–Kier alpha value is -1.00. The van der Waals surface area contributed by atoms with E-state index < -0.39 is 12.5 Å². The van der Waals surface area contributed by atoms with Crippen LogP contribution in [-0.2, 0) is 0 Å². The number of alkyl halides is 2. The number of halogens is 2. The Morgan fingerprint density at radius 3 is 2.25 bits per heavy atom. The summed E-state index contributed by atoms with van der Waals surface area (Å²) in [4.78, 5) is 1.86. The minimum Gasteiger partial charge on any atom is -0.314 e. The second-order valence-corrected chi connectivity index (χ2v) is 3.98. The van der Waals surface area contributed by atoms with Crippen molar-refractivity contribution in [2.24, 2.45) is 0 Å². The van der Waals surface area contributed by atoms with Crippen molar-refractivity contribution in [1.29, 1.82) is 0 Å². The third-order valence-electron chi connectivity index (χ3n) is 2.92. The lowest BCUT2D eigenvalue weighted by molar-refractivity contribution is 0.0182. The van der Waals surface area contributed by atoms with Gasteiger partial charge in [0.25, 0.3) is 6.43 Å². The van der Waals surface area contributed by atoms with E-state index in [0.29, 0.717) is 18.7 Å². The van der Waals surface area contributed by atoms with Gasteiger partial charge in [0.1, 0.15) is 0 Å². The molecule has 1 heterocycles. The van der Waals surface area contributed by atoms with Crippen LogP contribution in [0, 0.1) is 0 Å². The minimum atomic E-state index is -2.33. The van der Waals surface area contributed by atoms with E-state index in [2.05, 4.69) is 5.32 Å². The maximum atomic E-state index is 13.1. The second-order valence-electron chi connectivity index (χ2n) is 3.98. The van der Waals surface area contributed by atoms with E-state index in [1.165, 1.54) is 0 Å². The molecule has 1 aromatic carbocycles. The number of rotatable bonds is 3. The van der Waals surface area contributed by atoms with Crippen LogP contribution in [0.3, 0.4) is 0 Å². The summed E-state index contributed by atoms with van der Waals surface area (Å²) in [6.45, 7) is 2.94. The zero-order valence-electron chi connectivity index (χ0n) is 9.07. The molecule has 0 spiro atoms. The van der Waals surface area contributed by atoms with Gasteiger partial charge >= 0.3 is 0 Å². The highest BCUT2D eigenvalue weighted by atomic mass is 19.3. The monoisotopic (exact) mass is 226 g/mol. The first kappa shape index (κ1) is 11.5. The predicted molar refractivity (Wildman–Crippen MR) is 59.6 cm³/mol. The number of hydrogen-bond donors (Lipinski definition) is 1. The maximum Gasteiger partial charge on any atom is 0.258 e. The van der Waals surface area contributed by atoms with E-state index in [1.54, 1.807) is 12.1 Å². The number of nitrogens with one attached hydrogen (secondary N) is 1. The first-order valence-corrected chi connectivity index (χ1v) is 5.57. The van der Waals surface area contributed by atoms with Gasteiger partial charge < -0.3 is 5.32 Å². The Kier molecular flexibility index (Phi) is 3.85. The average Bonchev–Trinajstić information content (AvgIpc) is 2.31. The van der Waals surface area contributed by atoms with E-state index >= 15 is 0 Å². The summed E-state index contributed by atoms with van der Waals surface area (Å²) < 4.78 is 26.2. The van der Waals surface area contributed by atoms with Gasteiger partial charge in [-0.2, -0.15) is 0 Å². The molecule has 1 aromatic rings. The standard InChI is InChI=1S/C12H16F2N2/c13-12(14)11(10-4-2-1-3-5-10)16-8-6-15-7-9-16/h1-5,11-12,15H,6-9H2/t11-/m0/s1. The molecule has 4 heteroatoms. The Morgan fingerprint density at radius 2 is 1.69 bits per heavy atom. The average molecular weight is 226 g/mol. The lowest BCUT2D eigenvalue weighted by atomic mass is 10.1. The quantitative estimate of drug-likeness (QED) is 0.846. The topological polar surface area (TPSA) is 15.3 Å². The predicted octanol–water partition coefficient (Wildman–Crippen LogP) is 1.90. The number of piperazine rings is 1. The van der Waals surface area contributed by atoms with Gasteiger partial charge in [0, 0.05) is 26.2 Å². The summed E-state index contributed by atoms with van der Waals surface area (Å²) in [5.74, 6) is 0. The molecule has 0 aliphatic carbocycles. The molecule has 1 aliphatic rings. The van der Waals surface area contributed by atoms with Gasteiger partial charge in [-0.25, -0.2) is 8.78 Å². The van der Waals surface area contributed by atoms with Crippen molar-refractivity contribution in [2.45, 2.75) is 12.5 Å². The van der Waals surface area contributed by atoms with Crippen molar-refractivity contribution in [3.8, 4) is 0 Å². The van der Waals surface area contributed by atoms with Crippen LogP contribution in [0.15, 0.2) is 30.3 Å². The van der Waals surface area contributed by atoms with Crippen LogP contribution in [0.4, 0.5) is 8.78 Å². The first-order valence-electron chi connectivity index (χ1n) is 5.57. The van der Waals surface area contributed by atoms with Crippen LogP contribution in [0.2, 0.25) is 0 Å². The molecule has 16 heavy (non-hydrogen) atoms. The zero-order valence-corrected chi connectivity index (χ0v) is 9.07. The van der Waals surface area contributed by atoms with Crippen molar-refractivity contribution >= 4 is 0 Å². The molecule has 0 amide bonds. The van der Waals surface area contributed by atoms with Gasteiger partial charge in [0.2, 0.25) is 0 Å². The third-order valence-corrected chi connectivity index (χ3v) is 2.92. The summed E-state index contributed by atoms with van der Waals surface area (Å²) in [6.07, 6.45) is -2.33. The molecule has 0 saturated carbocycles. The van der Waals surface area contributed by atoms with Crippen molar-refractivity contribution in [2.75, 3.05) is 26.2 Å². The fraction of sp³-hybridized carbons (Fsp3) is 0.500. The highest BCUT2D eigenvalue weighted by Gasteiger charge is 2.29. The van der Waals surface area contributed by atoms with Crippen molar-refractivity contribution in [1.82, 2.24) is 10.2 Å². The Labute approximate surface area is 94.3 Å². The summed E-state index contributed by atoms with van der Waals surface area (Å²) >= 11 is 0. The Bertz CT molecular complexity index is 310. The van der Waals surface area contributed by atoms with Crippen LogP contribution in [0.25, 0.3) is 0 Å². The summed E-state index contributed by atoms with van der Waals surface area (Å²) in [7, 11) is 0. The van der Waals surface area contributed by atoms with Crippen LogP contribution in [-0.4, -0.2) is 37.5 Å².